The van der Waals surface area contributed by atoms with Crippen LogP contribution in [0.5, 0.6) is 0 Å². The largest absolute Gasteiger partial charge is 0.480 e. The van der Waals surface area contributed by atoms with Crippen LogP contribution in [0.1, 0.15) is 24.3 Å². The molecule has 1 fully saturated rings. The average molecular weight is 366 g/mol. The first kappa shape index (κ1) is 17.0. The van der Waals surface area contributed by atoms with E-state index >= 15 is 0 Å². The fourth-order valence-corrected chi connectivity index (χ4v) is 4.51. The molecule has 2 N–H and O–H groups in total. The SMILES string of the molecule is Cc1oc(-c2cccs2)nc1CC(=O)NC1(C(=O)O)CCSCC1. The molecule has 1 amide bonds. The van der Waals surface area contributed by atoms with E-state index in [0.717, 1.165) is 16.4 Å². The lowest BCUT2D eigenvalue weighted by atomic mass is 9.92. The summed E-state index contributed by atoms with van der Waals surface area (Å²) in [6, 6.07) is 3.81. The van der Waals surface area contributed by atoms with Crippen molar-refractivity contribution in [1.29, 1.82) is 0 Å². The van der Waals surface area contributed by atoms with Gasteiger partial charge in [0.2, 0.25) is 11.8 Å². The zero-order valence-corrected chi connectivity index (χ0v) is 14.8. The quantitative estimate of drug-likeness (QED) is 0.845. The van der Waals surface area contributed by atoms with E-state index in [1.165, 1.54) is 11.3 Å². The third-order valence-electron chi connectivity index (χ3n) is 4.09. The number of aryl methyl sites for hydroxylation is 1. The van der Waals surface area contributed by atoms with Gasteiger partial charge in [-0.25, -0.2) is 9.78 Å². The maximum Gasteiger partial charge on any atom is 0.329 e. The molecule has 0 aliphatic carbocycles. The number of carboxylic acid groups (broad SMARTS) is 1. The van der Waals surface area contributed by atoms with E-state index in [2.05, 4.69) is 10.3 Å². The first-order chi connectivity index (χ1) is 11.5. The number of hydrogen-bond acceptors (Lipinski definition) is 6. The molecule has 1 aliphatic rings. The summed E-state index contributed by atoms with van der Waals surface area (Å²) in [5, 5.41) is 14.2. The second-order valence-corrected chi connectivity index (χ2v) is 7.90. The van der Waals surface area contributed by atoms with Crippen LogP contribution in [-0.2, 0) is 16.0 Å². The predicted molar refractivity (Wildman–Crippen MR) is 93.3 cm³/mol. The number of thiophene rings is 1. The van der Waals surface area contributed by atoms with E-state index in [9.17, 15) is 14.7 Å². The van der Waals surface area contributed by atoms with Crippen LogP contribution in [0.15, 0.2) is 21.9 Å². The summed E-state index contributed by atoms with van der Waals surface area (Å²) in [5.74, 6) is 1.24. The number of amides is 1. The van der Waals surface area contributed by atoms with Gasteiger partial charge in [0, 0.05) is 0 Å². The molecular weight excluding hydrogens is 348 g/mol. The van der Waals surface area contributed by atoms with Crippen LogP contribution in [0, 0.1) is 6.92 Å². The van der Waals surface area contributed by atoms with Crippen molar-refractivity contribution in [3.05, 3.63) is 29.0 Å². The standard InChI is InChI=1S/C16H18N2O4S2/c1-10-11(17-14(22-10)12-3-2-6-24-12)9-13(19)18-16(15(20)21)4-7-23-8-5-16/h2-3,6H,4-5,7-9H2,1H3,(H,18,19)(H,20,21). The molecule has 0 bridgehead atoms. The number of oxazole rings is 1. The third kappa shape index (κ3) is 3.49. The minimum atomic E-state index is -1.16. The van der Waals surface area contributed by atoms with Crippen molar-refractivity contribution in [3.63, 3.8) is 0 Å². The molecule has 8 heteroatoms. The molecule has 3 rings (SSSR count). The molecule has 0 saturated carbocycles. The molecule has 0 spiro atoms. The highest BCUT2D eigenvalue weighted by Gasteiger charge is 2.41. The van der Waals surface area contributed by atoms with Gasteiger partial charge in [-0.1, -0.05) is 6.07 Å². The molecule has 0 aromatic carbocycles. The monoisotopic (exact) mass is 366 g/mol. The normalized spacial score (nSPS) is 16.7. The highest BCUT2D eigenvalue weighted by molar-refractivity contribution is 7.99. The van der Waals surface area contributed by atoms with Gasteiger partial charge in [-0.05, 0) is 42.7 Å². The number of aromatic nitrogens is 1. The Morgan fingerprint density at radius 1 is 1.42 bits per heavy atom. The van der Waals surface area contributed by atoms with Crippen LogP contribution < -0.4 is 5.32 Å². The first-order valence-electron chi connectivity index (χ1n) is 7.62. The minimum absolute atomic E-state index is 0.0167. The van der Waals surface area contributed by atoms with Crippen molar-refractivity contribution in [2.24, 2.45) is 0 Å². The van der Waals surface area contributed by atoms with E-state index in [0.29, 0.717) is 30.2 Å². The van der Waals surface area contributed by atoms with Gasteiger partial charge in [-0.3, -0.25) is 4.79 Å². The molecule has 24 heavy (non-hydrogen) atoms. The van der Waals surface area contributed by atoms with Gasteiger partial charge in [-0.15, -0.1) is 11.3 Å². The van der Waals surface area contributed by atoms with E-state index in [1.807, 2.05) is 17.5 Å². The summed E-state index contributed by atoms with van der Waals surface area (Å²) in [7, 11) is 0. The molecule has 1 aliphatic heterocycles. The number of nitrogens with one attached hydrogen (secondary N) is 1. The van der Waals surface area contributed by atoms with Crippen molar-refractivity contribution < 1.29 is 19.1 Å². The Morgan fingerprint density at radius 3 is 2.79 bits per heavy atom. The average Bonchev–Trinajstić information content (AvgIpc) is 3.18. The highest BCUT2D eigenvalue weighted by atomic mass is 32.2. The van der Waals surface area contributed by atoms with Gasteiger partial charge < -0.3 is 14.8 Å². The van der Waals surface area contributed by atoms with Gasteiger partial charge >= 0.3 is 5.97 Å². The van der Waals surface area contributed by atoms with Gasteiger partial charge in [0.25, 0.3) is 0 Å². The van der Waals surface area contributed by atoms with Crippen molar-refractivity contribution in [2.75, 3.05) is 11.5 Å². The third-order valence-corrected chi connectivity index (χ3v) is 5.93. The fourth-order valence-electron chi connectivity index (χ4n) is 2.67. The number of rotatable bonds is 5. The van der Waals surface area contributed by atoms with Crippen LogP contribution in [0.25, 0.3) is 10.8 Å². The van der Waals surface area contributed by atoms with Crippen LogP contribution in [0.4, 0.5) is 0 Å². The Bertz CT molecular complexity index is 733. The predicted octanol–water partition coefficient (Wildman–Crippen LogP) is 2.72. The number of thioether (sulfide) groups is 1. The molecular formula is C16H18N2O4S2. The molecule has 0 radical (unpaired) electrons. The van der Waals surface area contributed by atoms with E-state index in [-0.39, 0.29) is 12.3 Å². The second kappa shape index (κ2) is 6.98. The van der Waals surface area contributed by atoms with Crippen LogP contribution in [-0.4, -0.2) is 39.0 Å². The van der Waals surface area contributed by atoms with Gasteiger partial charge in [-0.2, -0.15) is 11.8 Å². The van der Waals surface area contributed by atoms with Gasteiger partial charge in [0.1, 0.15) is 11.3 Å². The number of carbonyl (C=O) groups excluding carboxylic acids is 1. The molecule has 6 nitrogen and oxygen atoms in total. The summed E-state index contributed by atoms with van der Waals surface area (Å²) >= 11 is 3.22. The Hall–Kier alpha value is -1.80. The van der Waals surface area contributed by atoms with E-state index in [1.54, 1.807) is 18.7 Å². The second-order valence-electron chi connectivity index (χ2n) is 5.72. The Kier molecular flexibility index (Phi) is 4.96. The van der Waals surface area contributed by atoms with Crippen molar-refractivity contribution in [3.8, 4) is 10.8 Å². The van der Waals surface area contributed by atoms with Crippen LogP contribution >= 0.6 is 23.1 Å². The number of hydrogen-bond donors (Lipinski definition) is 2. The maximum atomic E-state index is 12.4. The smallest absolute Gasteiger partial charge is 0.329 e. The van der Waals surface area contributed by atoms with Crippen LogP contribution in [0.3, 0.4) is 0 Å². The van der Waals surface area contributed by atoms with Gasteiger partial charge in [0.15, 0.2) is 0 Å². The zero-order chi connectivity index (χ0) is 17.2. The summed E-state index contributed by atoms with van der Waals surface area (Å²) < 4.78 is 5.62. The molecule has 2 aromatic rings. The fraction of sp³-hybridized carbons (Fsp3) is 0.438. The lowest BCUT2D eigenvalue weighted by Crippen LogP contribution is -2.56. The number of carbonyl (C=O) groups is 2. The summed E-state index contributed by atoms with van der Waals surface area (Å²) in [6.07, 6.45) is 0.900. The Morgan fingerprint density at radius 2 is 2.17 bits per heavy atom. The molecule has 3 heterocycles. The number of nitrogens with zero attached hydrogens (tertiary/aromatic N) is 1. The van der Waals surface area contributed by atoms with E-state index in [4.69, 9.17) is 4.42 Å². The minimum Gasteiger partial charge on any atom is -0.480 e. The van der Waals surface area contributed by atoms with Crippen molar-refractivity contribution >= 4 is 35.0 Å². The lowest BCUT2D eigenvalue weighted by Gasteiger charge is -2.33. The summed E-state index contributed by atoms with van der Waals surface area (Å²) in [4.78, 5) is 29.3. The topological polar surface area (TPSA) is 92.4 Å². The van der Waals surface area contributed by atoms with E-state index < -0.39 is 11.5 Å². The number of carboxylic acids is 1. The van der Waals surface area contributed by atoms with Crippen molar-refractivity contribution in [2.45, 2.75) is 31.7 Å². The molecule has 2 aromatic heterocycles. The highest BCUT2D eigenvalue weighted by Crippen LogP contribution is 2.28. The molecule has 0 unspecified atom stereocenters. The zero-order valence-electron chi connectivity index (χ0n) is 13.2. The Balaban J connectivity index is 1.71. The number of aliphatic carboxylic acids is 1. The summed E-state index contributed by atoms with van der Waals surface area (Å²) in [5.41, 5.74) is -0.613. The first-order valence-corrected chi connectivity index (χ1v) is 9.66. The van der Waals surface area contributed by atoms with Crippen LogP contribution in [0.2, 0.25) is 0 Å². The summed E-state index contributed by atoms with van der Waals surface area (Å²) in [6.45, 7) is 1.76. The molecule has 1 saturated heterocycles. The van der Waals surface area contributed by atoms with Crippen molar-refractivity contribution in [1.82, 2.24) is 10.3 Å². The Labute approximate surface area is 147 Å². The maximum absolute atomic E-state index is 12.4. The molecule has 128 valence electrons. The van der Waals surface area contributed by atoms with Gasteiger partial charge in [0.05, 0.1) is 17.0 Å². The lowest BCUT2D eigenvalue weighted by molar-refractivity contribution is -0.148. The molecule has 0 atom stereocenters.